The predicted octanol–water partition coefficient (Wildman–Crippen LogP) is 8.27. The SMILES string of the molecule is Cc1cc(C(C#N)c2ccc(Cl)cc2)c(Cl)cc1Nc1ncnc(NC(c2ccccc2)c2ccccc2)c1N. The molecule has 0 saturated heterocycles. The van der Waals surface area contributed by atoms with Gasteiger partial charge in [0.2, 0.25) is 0 Å². The van der Waals surface area contributed by atoms with Crippen LogP contribution in [0, 0.1) is 18.3 Å². The number of nitrogen functional groups attached to an aromatic ring is 1. The summed E-state index contributed by atoms with van der Waals surface area (Å²) in [5.41, 5.74) is 12.2. The van der Waals surface area contributed by atoms with Gasteiger partial charge in [0.05, 0.1) is 18.0 Å². The summed E-state index contributed by atoms with van der Waals surface area (Å²) in [7, 11) is 0. The van der Waals surface area contributed by atoms with E-state index < -0.39 is 5.92 Å². The van der Waals surface area contributed by atoms with Gasteiger partial charge in [-0.05, 0) is 52.9 Å². The van der Waals surface area contributed by atoms with E-state index in [4.69, 9.17) is 28.9 Å². The molecular formula is C32H26Cl2N6. The number of anilines is 4. The highest BCUT2D eigenvalue weighted by Gasteiger charge is 2.20. The number of nitrogens with two attached hydrogens (primary N) is 1. The summed E-state index contributed by atoms with van der Waals surface area (Å²) in [5, 5.41) is 17.8. The molecule has 4 N–H and O–H groups in total. The zero-order valence-electron chi connectivity index (χ0n) is 21.6. The minimum atomic E-state index is -0.537. The number of nitrogens with zero attached hydrogens (tertiary/aromatic N) is 3. The number of halogens is 2. The summed E-state index contributed by atoms with van der Waals surface area (Å²) in [5.74, 6) is 0.409. The third-order valence-electron chi connectivity index (χ3n) is 6.67. The van der Waals surface area contributed by atoms with Crippen LogP contribution in [0.1, 0.15) is 39.8 Å². The summed E-state index contributed by atoms with van der Waals surface area (Å²) in [6, 6.07) is 33.3. The number of rotatable bonds is 8. The second-order valence-electron chi connectivity index (χ2n) is 9.31. The van der Waals surface area contributed by atoms with Crippen LogP contribution in [0.25, 0.3) is 0 Å². The minimum Gasteiger partial charge on any atom is -0.393 e. The van der Waals surface area contributed by atoms with E-state index in [9.17, 15) is 5.26 Å². The summed E-state index contributed by atoms with van der Waals surface area (Å²) in [6.07, 6.45) is 1.46. The Morgan fingerprint density at radius 3 is 2.00 bits per heavy atom. The molecular weight excluding hydrogens is 539 g/mol. The molecule has 0 aliphatic carbocycles. The first-order chi connectivity index (χ1) is 19.4. The lowest BCUT2D eigenvalue weighted by Crippen LogP contribution is -2.15. The van der Waals surface area contributed by atoms with Gasteiger partial charge in [-0.25, -0.2) is 9.97 Å². The van der Waals surface area contributed by atoms with E-state index in [2.05, 4.69) is 50.9 Å². The van der Waals surface area contributed by atoms with Gasteiger partial charge in [-0.15, -0.1) is 0 Å². The van der Waals surface area contributed by atoms with E-state index in [1.165, 1.54) is 6.33 Å². The smallest absolute Gasteiger partial charge is 0.159 e. The van der Waals surface area contributed by atoms with Crippen molar-refractivity contribution in [3.05, 3.63) is 141 Å². The molecule has 1 unspecified atom stereocenters. The quantitative estimate of drug-likeness (QED) is 0.175. The molecule has 0 radical (unpaired) electrons. The third-order valence-corrected chi connectivity index (χ3v) is 7.25. The Balaban J connectivity index is 1.44. The maximum Gasteiger partial charge on any atom is 0.159 e. The Labute approximate surface area is 243 Å². The highest BCUT2D eigenvalue weighted by atomic mass is 35.5. The largest absolute Gasteiger partial charge is 0.393 e. The molecule has 198 valence electrons. The number of aryl methyl sites for hydroxylation is 1. The monoisotopic (exact) mass is 564 g/mol. The van der Waals surface area contributed by atoms with Crippen molar-refractivity contribution in [3.63, 3.8) is 0 Å². The Kier molecular flexibility index (Phi) is 8.16. The first-order valence-corrected chi connectivity index (χ1v) is 13.4. The van der Waals surface area contributed by atoms with E-state index in [1.54, 1.807) is 18.2 Å². The number of benzene rings is 4. The number of hydrogen-bond donors (Lipinski definition) is 3. The Morgan fingerprint density at radius 1 is 0.800 bits per heavy atom. The fraction of sp³-hybridized carbons (Fsp3) is 0.0938. The van der Waals surface area contributed by atoms with Crippen molar-refractivity contribution in [1.82, 2.24) is 9.97 Å². The van der Waals surface area contributed by atoms with Crippen LogP contribution in [0.3, 0.4) is 0 Å². The molecule has 0 amide bonds. The van der Waals surface area contributed by atoms with Gasteiger partial charge in [0.25, 0.3) is 0 Å². The van der Waals surface area contributed by atoms with Crippen molar-refractivity contribution in [3.8, 4) is 6.07 Å². The third kappa shape index (κ3) is 5.86. The van der Waals surface area contributed by atoms with Crippen LogP contribution >= 0.6 is 23.2 Å². The van der Waals surface area contributed by atoms with Gasteiger partial charge in [0.15, 0.2) is 11.6 Å². The lowest BCUT2D eigenvalue weighted by atomic mass is 9.91. The molecule has 0 aliphatic rings. The summed E-state index contributed by atoms with van der Waals surface area (Å²) < 4.78 is 0. The molecule has 0 bridgehead atoms. The molecule has 1 atom stereocenters. The topological polar surface area (TPSA) is 99.6 Å². The summed E-state index contributed by atoms with van der Waals surface area (Å²) in [6.45, 7) is 1.94. The van der Waals surface area contributed by atoms with Gasteiger partial charge in [-0.3, -0.25) is 0 Å². The zero-order valence-corrected chi connectivity index (χ0v) is 23.2. The van der Waals surface area contributed by atoms with Gasteiger partial charge in [-0.1, -0.05) is 102 Å². The number of nitriles is 1. The first-order valence-electron chi connectivity index (χ1n) is 12.6. The van der Waals surface area contributed by atoms with Crippen LogP contribution < -0.4 is 16.4 Å². The van der Waals surface area contributed by atoms with Crippen molar-refractivity contribution < 1.29 is 0 Å². The lowest BCUT2D eigenvalue weighted by molar-refractivity contribution is 0.924. The zero-order chi connectivity index (χ0) is 28.1. The predicted molar refractivity (Wildman–Crippen MR) is 163 cm³/mol. The summed E-state index contributed by atoms with van der Waals surface area (Å²) >= 11 is 12.7. The van der Waals surface area contributed by atoms with Gasteiger partial charge in [0, 0.05) is 15.7 Å². The molecule has 8 heteroatoms. The number of nitrogens with one attached hydrogen (secondary N) is 2. The van der Waals surface area contributed by atoms with E-state index in [1.807, 2.05) is 61.5 Å². The van der Waals surface area contributed by atoms with Gasteiger partial charge in [-0.2, -0.15) is 5.26 Å². The molecule has 5 aromatic rings. The molecule has 6 nitrogen and oxygen atoms in total. The van der Waals surface area contributed by atoms with Crippen LogP contribution in [0.2, 0.25) is 10.0 Å². The van der Waals surface area contributed by atoms with E-state index in [0.29, 0.717) is 32.9 Å². The van der Waals surface area contributed by atoms with E-state index >= 15 is 0 Å². The number of aromatic nitrogens is 2. The second-order valence-corrected chi connectivity index (χ2v) is 10.2. The fourth-order valence-electron chi connectivity index (χ4n) is 4.56. The lowest BCUT2D eigenvalue weighted by Gasteiger charge is -2.22. The summed E-state index contributed by atoms with van der Waals surface area (Å²) in [4.78, 5) is 8.83. The fourth-order valence-corrected chi connectivity index (χ4v) is 4.96. The van der Waals surface area contributed by atoms with Crippen molar-refractivity contribution in [2.45, 2.75) is 18.9 Å². The van der Waals surface area contributed by atoms with Crippen molar-refractivity contribution in [1.29, 1.82) is 5.26 Å². The molecule has 0 aliphatic heterocycles. The Morgan fingerprint density at radius 2 is 1.40 bits per heavy atom. The number of hydrogen-bond acceptors (Lipinski definition) is 6. The van der Waals surface area contributed by atoms with Crippen LogP contribution in [-0.4, -0.2) is 9.97 Å². The van der Waals surface area contributed by atoms with Crippen LogP contribution in [0.4, 0.5) is 23.0 Å². The first kappa shape index (κ1) is 27.0. The Bertz CT molecular complexity index is 1610. The Hall–Kier alpha value is -4.57. The maximum absolute atomic E-state index is 9.93. The van der Waals surface area contributed by atoms with E-state index in [-0.39, 0.29) is 6.04 Å². The van der Waals surface area contributed by atoms with Gasteiger partial charge < -0.3 is 16.4 Å². The van der Waals surface area contributed by atoms with Crippen molar-refractivity contribution in [2.24, 2.45) is 0 Å². The molecule has 0 spiro atoms. The molecule has 0 saturated carbocycles. The standard InChI is InChI=1S/C32H26Cl2N6/c1-20-16-25(26(18-35)21-12-14-24(33)15-13-21)27(34)17-28(20)39-31-29(36)32(38-19-37-31)40-30(22-8-4-2-5-9-22)23-10-6-3-7-11-23/h2-17,19,26,30H,36H2,1H3,(H2,37,38,39,40). The average Bonchev–Trinajstić information content (AvgIpc) is 2.98. The second kappa shape index (κ2) is 12.1. The van der Waals surface area contributed by atoms with Crippen molar-refractivity contribution in [2.75, 3.05) is 16.4 Å². The molecule has 1 aromatic heterocycles. The molecule has 40 heavy (non-hydrogen) atoms. The van der Waals surface area contributed by atoms with Crippen LogP contribution in [-0.2, 0) is 0 Å². The van der Waals surface area contributed by atoms with Crippen LogP contribution in [0.5, 0.6) is 0 Å². The molecule has 4 aromatic carbocycles. The van der Waals surface area contributed by atoms with Gasteiger partial charge in [0.1, 0.15) is 12.0 Å². The maximum atomic E-state index is 9.93. The van der Waals surface area contributed by atoms with E-state index in [0.717, 1.165) is 27.9 Å². The van der Waals surface area contributed by atoms with Crippen LogP contribution in [0.15, 0.2) is 103 Å². The highest BCUT2D eigenvalue weighted by molar-refractivity contribution is 6.32. The molecule has 1 heterocycles. The highest BCUT2D eigenvalue weighted by Crippen LogP contribution is 2.37. The average molecular weight is 566 g/mol. The van der Waals surface area contributed by atoms with Gasteiger partial charge >= 0.3 is 0 Å². The minimum absolute atomic E-state index is 0.168. The van der Waals surface area contributed by atoms with Crippen molar-refractivity contribution >= 4 is 46.2 Å². The normalized spacial score (nSPS) is 11.6. The molecule has 0 fully saturated rings. The molecule has 5 rings (SSSR count).